The summed E-state index contributed by atoms with van der Waals surface area (Å²) in [6, 6.07) is 4.96. The molecule has 2 aliphatic rings. The standard InChI is InChI=1S/C15H22N2O2S/c18-13-8-11-3-4-12(9-13)17(11)10-15(19)16-6-5-14-2-1-7-20-14/h1-2,7,11-13,18H,3-6,8-10H2,(H,16,19). The highest BCUT2D eigenvalue weighted by Gasteiger charge is 2.40. The van der Waals surface area contributed by atoms with Crippen LogP contribution in [0, 0.1) is 0 Å². The summed E-state index contributed by atoms with van der Waals surface area (Å²) in [7, 11) is 0. The molecule has 2 unspecified atom stereocenters. The molecule has 1 aromatic heterocycles. The molecule has 0 saturated carbocycles. The topological polar surface area (TPSA) is 52.6 Å². The van der Waals surface area contributed by atoms with Gasteiger partial charge < -0.3 is 10.4 Å². The van der Waals surface area contributed by atoms with Crippen molar-refractivity contribution in [1.82, 2.24) is 10.2 Å². The molecule has 110 valence electrons. The van der Waals surface area contributed by atoms with Gasteiger partial charge in [0.15, 0.2) is 0 Å². The number of rotatable bonds is 5. The van der Waals surface area contributed by atoms with Crippen molar-refractivity contribution in [1.29, 1.82) is 0 Å². The lowest BCUT2D eigenvalue weighted by Crippen LogP contribution is -2.49. The Hall–Kier alpha value is -0.910. The number of hydrogen-bond donors (Lipinski definition) is 2. The number of aliphatic hydroxyl groups is 1. The van der Waals surface area contributed by atoms with Crippen molar-refractivity contribution in [2.45, 2.75) is 50.3 Å². The number of hydrogen-bond acceptors (Lipinski definition) is 4. The molecule has 1 aromatic rings. The maximum absolute atomic E-state index is 12.0. The van der Waals surface area contributed by atoms with Gasteiger partial charge in [0.2, 0.25) is 5.91 Å². The molecule has 0 spiro atoms. The first-order valence-electron chi connectivity index (χ1n) is 7.45. The third kappa shape index (κ3) is 3.22. The first kappa shape index (κ1) is 14.0. The minimum Gasteiger partial charge on any atom is -0.393 e. The average Bonchev–Trinajstić information content (AvgIpc) is 2.98. The van der Waals surface area contributed by atoms with E-state index < -0.39 is 0 Å². The SMILES string of the molecule is O=C(CN1C2CCC1CC(O)C2)NCCc1cccs1. The van der Waals surface area contributed by atoms with Gasteiger partial charge >= 0.3 is 0 Å². The summed E-state index contributed by atoms with van der Waals surface area (Å²) in [5, 5.41) is 14.8. The number of thiophene rings is 1. The molecule has 2 N–H and O–H groups in total. The molecular formula is C15H22N2O2S. The minimum atomic E-state index is -0.161. The van der Waals surface area contributed by atoms with Gasteiger partial charge in [0.25, 0.3) is 0 Å². The third-order valence-corrected chi connectivity index (χ3v) is 5.40. The molecule has 0 aromatic carbocycles. The van der Waals surface area contributed by atoms with Gasteiger partial charge in [-0.1, -0.05) is 6.07 Å². The summed E-state index contributed by atoms with van der Waals surface area (Å²) in [5.74, 6) is 0.120. The maximum atomic E-state index is 12.0. The van der Waals surface area contributed by atoms with Crippen LogP contribution in [0.25, 0.3) is 0 Å². The molecule has 3 rings (SSSR count). The van der Waals surface area contributed by atoms with Gasteiger partial charge in [0.1, 0.15) is 0 Å². The minimum absolute atomic E-state index is 0.120. The predicted molar refractivity (Wildman–Crippen MR) is 79.8 cm³/mol. The average molecular weight is 294 g/mol. The Morgan fingerprint density at radius 3 is 2.80 bits per heavy atom. The Labute approximate surface area is 123 Å². The van der Waals surface area contributed by atoms with Crippen LogP contribution in [0.15, 0.2) is 17.5 Å². The molecule has 3 heterocycles. The van der Waals surface area contributed by atoms with Crippen molar-refractivity contribution in [3.05, 3.63) is 22.4 Å². The van der Waals surface area contributed by atoms with Crippen molar-refractivity contribution in [3.63, 3.8) is 0 Å². The molecule has 2 aliphatic heterocycles. The number of nitrogens with one attached hydrogen (secondary N) is 1. The number of piperidine rings is 1. The predicted octanol–water partition coefficient (Wildman–Crippen LogP) is 1.39. The van der Waals surface area contributed by atoms with Crippen LogP contribution in [0.3, 0.4) is 0 Å². The molecule has 1 amide bonds. The molecule has 2 fully saturated rings. The summed E-state index contributed by atoms with van der Waals surface area (Å²) < 4.78 is 0. The number of carbonyl (C=O) groups is 1. The van der Waals surface area contributed by atoms with E-state index in [-0.39, 0.29) is 12.0 Å². The Morgan fingerprint density at radius 1 is 1.40 bits per heavy atom. The zero-order valence-corrected chi connectivity index (χ0v) is 12.4. The zero-order valence-electron chi connectivity index (χ0n) is 11.6. The highest BCUT2D eigenvalue weighted by atomic mass is 32.1. The molecule has 4 nitrogen and oxygen atoms in total. The van der Waals surface area contributed by atoms with Crippen LogP contribution in [0.1, 0.15) is 30.6 Å². The number of nitrogens with zero attached hydrogens (tertiary/aromatic N) is 1. The van der Waals surface area contributed by atoms with Crippen LogP contribution in [-0.4, -0.2) is 47.2 Å². The number of amides is 1. The molecule has 0 aliphatic carbocycles. The molecule has 2 saturated heterocycles. The van der Waals surface area contributed by atoms with E-state index in [4.69, 9.17) is 0 Å². The van der Waals surface area contributed by atoms with Crippen LogP contribution in [0.5, 0.6) is 0 Å². The van der Waals surface area contributed by atoms with Crippen molar-refractivity contribution < 1.29 is 9.90 Å². The van der Waals surface area contributed by atoms with Gasteiger partial charge in [0.05, 0.1) is 12.6 Å². The first-order chi connectivity index (χ1) is 9.72. The highest BCUT2D eigenvalue weighted by molar-refractivity contribution is 7.09. The van der Waals surface area contributed by atoms with E-state index >= 15 is 0 Å². The Balaban J connectivity index is 1.43. The first-order valence-corrected chi connectivity index (χ1v) is 8.33. The fourth-order valence-corrected chi connectivity index (χ4v) is 4.21. The van der Waals surface area contributed by atoms with Crippen LogP contribution < -0.4 is 5.32 Å². The number of fused-ring (bicyclic) bond motifs is 2. The fraction of sp³-hybridized carbons (Fsp3) is 0.667. The van der Waals surface area contributed by atoms with Gasteiger partial charge in [0, 0.05) is 23.5 Å². The monoisotopic (exact) mass is 294 g/mol. The summed E-state index contributed by atoms with van der Waals surface area (Å²) in [6.45, 7) is 1.21. The molecule has 20 heavy (non-hydrogen) atoms. The zero-order chi connectivity index (χ0) is 13.9. The second kappa shape index (κ2) is 6.24. The molecular weight excluding hydrogens is 272 g/mol. The fourth-order valence-electron chi connectivity index (χ4n) is 3.51. The smallest absolute Gasteiger partial charge is 0.234 e. The summed E-state index contributed by atoms with van der Waals surface area (Å²) in [4.78, 5) is 15.6. The van der Waals surface area contributed by atoms with E-state index in [1.165, 1.54) is 4.88 Å². The largest absolute Gasteiger partial charge is 0.393 e. The normalized spacial score (nSPS) is 29.6. The van der Waals surface area contributed by atoms with Gasteiger partial charge in [-0.3, -0.25) is 9.69 Å². The van der Waals surface area contributed by atoms with E-state index in [1.54, 1.807) is 11.3 Å². The van der Waals surface area contributed by atoms with Gasteiger partial charge in [-0.2, -0.15) is 0 Å². The van der Waals surface area contributed by atoms with Crippen LogP contribution in [-0.2, 0) is 11.2 Å². The number of carbonyl (C=O) groups excluding carboxylic acids is 1. The molecule has 2 atom stereocenters. The van der Waals surface area contributed by atoms with Crippen molar-refractivity contribution >= 4 is 17.2 Å². The second-order valence-electron chi connectivity index (χ2n) is 5.86. The number of aliphatic hydroxyl groups excluding tert-OH is 1. The lowest BCUT2D eigenvalue weighted by atomic mass is 10.00. The highest BCUT2D eigenvalue weighted by Crippen LogP contribution is 2.35. The summed E-state index contributed by atoms with van der Waals surface area (Å²) in [5.41, 5.74) is 0. The molecule has 0 radical (unpaired) electrons. The summed E-state index contributed by atoms with van der Waals surface area (Å²) in [6.07, 6.45) is 4.67. The van der Waals surface area contributed by atoms with E-state index in [0.717, 1.165) is 32.1 Å². The Kier molecular flexibility index (Phi) is 4.38. The van der Waals surface area contributed by atoms with E-state index in [2.05, 4.69) is 21.7 Å². The van der Waals surface area contributed by atoms with Crippen molar-refractivity contribution in [2.75, 3.05) is 13.1 Å². The lowest BCUT2D eigenvalue weighted by molar-refractivity contribution is -0.124. The Bertz CT molecular complexity index is 435. The van der Waals surface area contributed by atoms with Crippen LogP contribution >= 0.6 is 11.3 Å². The Morgan fingerprint density at radius 2 is 2.15 bits per heavy atom. The van der Waals surface area contributed by atoms with E-state index in [1.807, 2.05) is 6.07 Å². The molecule has 2 bridgehead atoms. The van der Waals surface area contributed by atoms with Crippen molar-refractivity contribution in [3.8, 4) is 0 Å². The second-order valence-corrected chi connectivity index (χ2v) is 6.89. The lowest BCUT2D eigenvalue weighted by Gasteiger charge is -2.36. The van der Waals surface area contributed by atoms with Crippen LogP contribution in [0.2, 0.25) is 0 Å². The summed E-state index contributed by atoms with van der Waals surface area (Å²) >= 11 is 1.73. The van der Waals surface area contributed by atoms with Gasteiger partial charge in [-0.05, 0) is 43.6 Å². The van der Waals surface area contributed by atoms with Gasteiger partial charge in [-0.25, -0.2) is 0 Å². The third-order valence-electron chi connectivity index (χ3n) is 4.46. The quantitative estimate of drug-likeness (QED) is 0.863. The van der Waals surface area contributed by atoms with Crippen molar-refractivity contribution in [2.24, 2.45) is 0 Å². The van der Waals surface area contributed by atoms with E-state index in [9.17, 15) is 9.90 Å². The maximum Gasteiger partial charge on any atom is 0.234 e. The van der Waals surface area contributed by atoms with Gasteiger partial charge in [-0.15, -0.1) is 11.3 Å². The molecule has 5 heteroatoms. The van der Waals surface area contributed by atoms with E-state index in [0.29, 0.717) is 25.2 Å². The van der Waals surface area contributed by atoms with Crippen LogP contribution in [0.4, 0.5) is 0 Å².